The molecular formula is C28H37N5O3. The lowest BCUT2D eigenvalue weighted by Gasteiger charge is -2.50. The molecule has 1 atom stereocenters. The van der Waals surface area contributed by atoms with E-state index in [2.05, 4.69) is 38.9 Å². The number of benzene rings is 1. The molecular weight excluding hydrogens is 454 g/mol. The molecule has 0 unspecified atom stereocenters. The molecule has 192 valence electrons. The Hall–Kier alpha value is -3.10. The first-order valence-corrected chi connectivity index (χ1v) is 12.8. The number of urea groups is 1. The number of likely N-dealkylation sites (tertiary alicyclic amines) is 1. The third kappa shape index (κ3) is 4.22. The van der Waals surface area contributed by atoms with Gasteiger partial charge in [-0.3, -0.25) is 9.88 Å². The van der Waals surface area contributed by atoms with Crippen LogP contribution in [0.2, 0.25) is 0 Å². The third-order valence-electron chi connectivity index (χ3n) is 7.93. The van der Waals surface area contributed by atoms with Gasteiger partial charge < -0.3 is 24.6 Å². The fraction of sp³-hybridized carbons (Fsp3) is 0.500. The molecule has 8 nitrogen and oxygen atoms in total. The predicted molar refractivity (Wildman–Crippen MR) is 140 cm³/mol. The summed E-state index contributed by atoms with van der Waals surface area (Å²) in [5, 5.41) is 14.9. The number of carbonyl (C=O) groups is 1. The molecule has 1 spiro atoms. The van der Waals surface area contributed by atoms with Crippen LogP contribution in [0.5, 0.6) is 5.75 Å². The summed E-state index contributed by atoms with van der Waals surface area (Å²) in [7, 11) is 3.78. The van der Waals surface area contributed by atoms with Gasteiger partial charge in [0, 0.05) is 68.0 Å². The second kappa shape index (κ2) is 9.75. The summed E-state index contributed by atoms with van der Waals surface area (Å²) < 4.78 is 7.77. The molecule has 5 rings (SSSR count). The van der Waals surface area contributed by atoms with E-state index in [4.69, 9.17) is 4.74 Å². The van der Waals surface area contributed by atoms with Crippen LogP contribution >= 0.6 is 0 Å². The van der Waals surface area contributed by atoms with Crippen LogP contribution in [0.25, 0.3) is 10.9 Å². The van der Waals surface area contributed by atoms with Crippen LogP contribution < -0.4 is 10.1 Å². The SMILES string of the molecule is COc1ccc2c3c(n(C)c2c1)[C@H](CO)N(Cc1ccccn1)CC31CCN(C(=O)NC(C)C)CC1. The van der Waals surface area contributed by atoms with Crippen molar-refractivity contribution in [1.29, 1.82) is 0 Å². The van der Waals surface area contributed by atoms with Crippen molar-refractivity contribution in [1.82, 2.24) is 24.7 Å². The van der Waals surface area contributed by atoms with Crippen LogP contribution in [0.15, 0.2) is 42.6 Å². The fourth-order valence-electron chi connectivity index (χ4n) is 6.21. The molecule has 36 heavy (non-hydrogen) atoms. The zero-order chi connectivity index (χ0) is 25.4. The van der Waals surface area contributed by atoms with Crippen molar-refractivity contribution in [2.75, 3.05) is 33.4 Å². The molecule has 2 aromatic heterocycles. The number of aliphatic hydroxyl groups is 1. The Bertz CT molecular complexity index is 1230. The lowest BCUT2D eigenvalue weighted by Crippen LogP contribution is -2.56. The molecule has 2 N–H and O–H groups in total. The number of carbonyl (C=O) groups excluding carboxylic acids is 1. The number of nitrogens with one attached hydrogen (secondary N) is 1. The Morgan fingerprint density at radius 1 is 1.25 bits per heavy atom. The molecule has 2 aliphatic heterocycles. The molecule has 1 fully saturated rings. The number of nitrogens with zero attached hydrogens (tertiary/aromatic N) is 4. The summed E-state index contributed by atoms with van der Waals surface area (Å²) in [6.45, 7) is 6.89. The molecule has 8 heteroatoms. The second-order valence-electron chi connectivity index (χ2n) is 10.5. The number of piperidine rings is 1. The van der Waals surface area contributed by atoms with E-state index >= 15 is 0 Å². The number of rotatable bonds is 5. The van der Waals surface area contributed by atoms with E-state index in [1.165, 1.54) is 10.9 Å². The molecule has 0 saturated carbocycles. The third-order valence-corrected chi connectivity index (χ3v) is 7.93. The highest BCUT2D eigenvalue weighted by Gasteiger charge is 2.48. The van der Waals surface area contributed by atoms with E-state index in [-0.39, 0.29) is 30.1 Å². The minimum absolute atomic E-state index is 0.0112. The number of amides is 2. The zero-order valence-corrected chi connectivity index (χ0v) is 21.7. The maximum atomic E-state index is 12.8. The predicted octanol–water partition coefficient (Wildman–Crippen LogP) is 3.58. The number of fused-ring (bicyclic) bond motifs is 4. The van der Waals surface area contributed by atoms with Gasteiger partial charge >= 0.3 is 6.03 Å². The van der Waals surface area contributed by atoms with E-state index in [1.54, 1.807) is 7.11 Å². The van der Waals surface area contributed by atoms with Crippen LogP contribution in [0.3, 0.4) is 0 Å². The van der Waals surface area contributed by atoms with Crippen LogP contribution in [0.1, 0.15) is 49.7 Å². The molecule has 1 saturated heterocycles. The molecule has 0 bridgehead atoms. The fourth-order valence-corrected chi connectivity index (χ4v) is 6.21. The largest absolute Gasteiger partial charge is 0.497 e. The lowest BCUT2D eigenvalue weighted by atomic mass is 9.68. The summed E-state index contributed by atoms with van der Waals surface area (Å²) in [6, 6.07) is 12.2. The number of pyridine rings is 1. The van der Waals surface area contributed by atoms with Crippen LogP contribution in [0.4, 0.5) is 4.79 Å². The van der Waals surface area contributed by atoms with Crippen molar-refractivity contribution in [3.8, 4) is 5.75 Å². The summed E-state index contributed by atoms with van der Waals surface area (Å²) in [6.07, 6.45) is 3.56. The van der Waals surface area contributed by atoms with Crippen molar-refractivity contribution in [3.63, 3.8) is 0 Å². The van der Waals surface area contributed by atoms with Crippen molar-refractivity contribution in [2.24, 2.45) is 7.05 Å². The van der Waals surface area contributed by atoms with Gasteiger partial charge in [-0.05, 0) is 56.5 Å². The average molecular weight is 492 g/mol. The highest BCUT2D eigenvalue weighted by Crippen LogP contribution is 2.50. The van der Waals surface area contributed by atoms with Gasteiger partial charge in [-0.2, -0.15) is 0 Å². The molecule has 0 radical (unpaired) electrons. The van der Waals surface area contributed by atoms with E-state index in [0.29, 0.717) is 19.6 Å². The lowest BCUT2D eigenvalue weighted by molar-refractivity contribution is 0.0458. The van der Waals surface area contributed by atoms with Crippen molar-refractivity contribution in [3.05, 3.63) is 59.5 Å². The van der Waals surface area contributed by atoms with Gasteiger partial charge in [-0.15, -0.1) is 0 Å². The first-order chi connectivity index (χ1) is 17.4. The first kappa shape index (κ1) is 24.6. The van der Waals surface area contributed by atoms with Gasteiger partial charge in [-0.25, -0.2) is 4.79 Å². The molecule has 0 aliphatic carbocycles. The Balaban J connectivity index is 1.59. The number of ether oxygens (including phenoxy) is 1. The van der Waals surface area contributed by atoms with E-state index in [9.17, 15) is 9.90 Å². The van der Waals surface area contributed by atoms with Gasteiger partial charge in [0.1, 0.15) is 5.75 Å². The Labute approximate surface area is 212 Å². The van der Waals surface area contributed by atoms with E-state index < -0.39 is 0 Å². The first-order valence-electron chi connectivity index (χ1n) is 12.8. The van der Waals surface area contributed by atoms with Crippen molar-refractivity contribution in [2.45, 2.75) is 50.7 Å². The monoisotopic (exact) mass is 491 g/mol. The summed E-state index contributed by atoms with van der Waals surface area (Å²) >= 11 is 0. The van der Waals surface area contributed by atoms with Crippen LogP contribution in [-0.2, 0) is 19.0 Å². The number of hydrogen-bond donors (Lipinski definition) is 2. The summed E-state index contributed by atoms with van der Waals surface area (Å²) in [5.41, 5.74) is 4.45. The molecule has 2 amide bonds. The quantitative estimate of drug-likeness (QED) is 0.570. The van der Waals surface area contributed by atoms with Gasteiger partial charge in [0.15, 0.2) is 0 Å². The smallest absolute Gasteiger partial charge is 0.317 e. The minimum atomic E-state index is -0.140. The maximum absolute atomic E-state index is 12.8. The van der Waals surface area contributed by atoms with Gasteiger partial charge in [0.25, 0.3) is 0 Å². The molecule has 4 heterocycles. The van der Waals surface area contributed by atoms with Gasteiger partial charge in [0.2, 0.25) is 0 Å². The van der Waals surface area contributed by atoms with Crippen LogP contribution in [-0.4, -0.2) is 69.9 Å². The number of aromatic nitrogens is 2. The number of hydrogen-bond acceptors (Lipinski definition) is 5. The van der Waals surface area contributed by atoms with E-state index in [1.807, 2.05) is 49.2 Å². The molecule has 2 aliphatic rings. The van der Waals surface area contributed by atoms with Crippen LogP contribution in [0, 0.1) is 0 Å². The zero-order valence-electron chi connectivity index (χ0n) is 21.7. The highest BCUT2D eigenvalue weighted by molar-refractivity contribution is 5.88. The Kier molecular flexibility index (Phi) is 6.66. The van der Waals surface area contributed by atoms with Gasteiger partial charge in [-0.1, -0.05) is 6.07 Å². The molecule has 1 aromatic carbocycles. The maximum Gasteiger partial charge on any atom is 0.317 e. The normalized spacial score (nSPS) is 19.6. The summed E-state index contributed by atoms with van der Waals surface area (Å²) in [5.74, 6) is 0.820. The van der Waals surface area contributed by atoms with Crippen molar-refractivity contribution < 1.29 is 14.6 Å². The minimum Gasteiger partial charge on any atom is -0.497 e. The van der Waals surface area contributed by atoms with Crippen molar-refractivity contribution >= 4 is 16.9 Å². The molecule has 3 aromatic rings. The second-order valence-corrected chi connectivity index (χ2v) is 10.5. The Morgan fingerprint density at radius 2 is 2.03 bits per heavy atom. The summed E-state index contributed by atoms with van der Waals surface area (Å²) in [4.78, 5) is 21.7. The standard InChI is InChI=1S/C28H37N5O3/c1-19(2)30-27(35)32-13-10-28(11-14-32)18-33(16-20-7-5-6-12-29-20)24(17-34)26-25(28)22-9-8-21(36-4)15-23(22)31(26)3/h5-9,12,15,19,24,34H,10-11,13-14,16-18H2,1-4H3,(H,30,35)/t24-/m0/s1. The topological polar surface area (TPSA) is 82.9 Å². The number of methoxy groups -OCH3 is 1. The average Bonchev–Trinajstić information content (AvgIpc) is 3.17. The highest BCUT2D eigenvalue weighted by atomic mass is 16.5. The van der Waals surface area contributed by atoms with E-state index in [0.717, 1.165) is 42.0 Å². The van der Waals surface area contributed by atoms with Gasteiger partial charge in [0.05, 0.1) is 31.0 Å². The Morgan fingerprint density at radius 3 is 2.67 bits per heavy atom. The number of aryl methyl sites for hydroxylation is 1. The number of aliphatic hydroxyl groups excluding tert-OH is 1.